The van der Waals surface area contributed by atoms with Crippen molar-refractivity contribution in [3.8, 4) is 0 Å². The van der Waals surface area contributed by atoms with E-state index in [1.807, 2.05) is 24.3 Å². The lowest BCUT2D eigenvalue weighted by molar-refractivity contribution is 0.181. The van der Waals surface area contributed by atoms with E-state index in [2.05, 4.69) is 17.0 Å². The highest BCUT2D eigenvalue weighted by Gasteiger charge is 2.28. The van der Waals surface area contributed by atoms with Crippen molar-refractivity contribution in [2.45, 2.75) is 18.0 Å². The van der Waals surface area contributed by atoms with Gasteiger partial charge in [0, 0.05) is 39.8 Å². The predicted molar refractivity (Wildman–Crippen MR) is 97.6 cm³/mol. The van der Waals surface area contributed by atoms with Gasteiger partial charge in [0.05, 0.1) is 11.5 Å². The maximum absolute atomic E-state index is 12.9. The van der Waals surface area contributed by atoms with Crippen molar-refractivity contribution >= 4 is 10.0 Å². The van der Waals surface area contributed by atoms with Crippen LogP contribution in [0, 0.1) is 0 Å². The topological polar surface area (TPSA) is 49.9 Å². The lowest BCUT2D eigenvalue weighted by Gasteiger charge is -2.34. The van der Waals surface area contributed by atoms with Gasteiger partial charge < -0.3 is 4.74 Å². The number of hydrogen-bond donors (Lipinski definition) is 0. The van der Waals surface area contributed by atoms with Gasteiger partial charge in [-0.1, -0.05) is 42.5 Å². The summed E-state index contributed by atoms with van der Waals surface area (Å²) >= 11 is 0. The molecule has 0 saturated carbocycles. The van der Waals surface area contributed by atoms with Crippen molar-refractivity contribution in [3.05, 3.63) is 65.7 Å². The lowest BCUT2D eigenvalue weighted by atomic mass is 10.2. The van der Waals surface area contributed by atoms with Crippen LogP contribution in [0.2, 0.25) is 0 Å². The Hall–Kier alpha value is -1.73. The van der Waals surface area contributed by atoms with Gasteiger partial charge in [-0.25, -0.2) is 8.42 Å². The lowest BCUT2D eigenvalue weighted by Crippen LogP contribution is -2.48. The zero-order chi connectivity index (χ0) is 17.7. The molecule has 134 valence electrons. The van der Waals surface area contributed by atoms with Crippen molar-refractivity contribution in [3.63, 3.8) is 0 Å². The van der Waals surface area contributed by atoms with Crippen molar-refractivity contribution in [2.75, 3.05) is 33.3 Å². The second-order valence-corrected chi connectivity index (χ2v) is 8.18. The van der Waals surface area contributed by atoms with Crippen molar-refractivity contribution in [1.82, 2.24) is 9.21 Å². The molecule has 1 aliphatic heterocycles. The van der Waals surface area contributed by atoms with E-state index in [0.29, 0.717) is 24.6 Å². The summed E-state index contributed by atoms with van der Waals surface area (Å²) < 4.78 is 32.4. The number of methoxy groups -OCH3 is 1. The Labute approximate surface area is 149 Å². The van der Waals surface area contributed by atoms with E-state index >= 15 is 0 Å². The number of rotatable bonds is 6. The van der Waals surface area contributed by atoms with Gasteiger partial charge in [-0.05, 0) is 23.3 Å². The maximum atomic E-state index is 12.9. The Balaban J connectivity index is 1.64. The Morgan fingerprint density at radius 1 is 0.920 bits per heavy atom. The molecule has 5 nitrogen and oxygen atoms in total. The molecular formula is C19H24N2O3S. The molecule has 6 heteroatoms. The summed E-state index contributed by atoms with van der Waals surface area (Å²) in [5.74, 6) is 0. The van der Waals surface area contributed by atoms with Crippen LogP contribution in [0.4, 0.5) is 0 Å². The quantitative estimate of drug-likeness (QED) is 0.793. The third-order valence-corrected chi connectivity index (χ3v) is 6.32. The van der Waals surface area contributed by atoms with Gasteiger partial charge in [0.2, 0.25) is 10.0 Å². The van der Waals surface area contributed by atoms with Crippen LogP contribution in [0.5, 0.6) is 0 Å². The summed E-state index contributed by atoms with van der Waals surface area (Å²) in [7, 11) is -1.84. The fraction of sp³-hybridized carbons (Fsp3) is 0.368. The highest BCUT2D eigenvalue weighted by Crippen LogP contribution is 2.20. The summed E-state index contributed by atoms with van der Waals surface area (Å²) in [6.07, 6.45) is 0. The first-order valence-corrected chi connectivity index (χ1v) is 9.88. The SMILES string of the molecule is COCc1cccc(S(=O)(=O)N2CCN(Cc3ccccc3)CC2)c1. The molecule has 0 aliphatic carbocycles. The normalized spacial score (nSPS) is 16.8. The first-order valence-electron chi connectivity index (χ1n) is 8.44. The number of piperazine rings is 1. The number of hydrogen-bond acceptors (Lipinski definition) is 4. The Morgan fingerprint density at radius 2 is 1.60 bits per heavy atom. The van der Waals surface area contributed by atoms with Crippen LogP contribution in [0.3, 0.4) is 0 Å². The number of sulfonamides is 1. The van der Waals surface area contributed by atoms with Crippen LogP contribution in [0.15, 0.2) is 59.5 Å². The van der Waals surface area contributed by atoms with Crippen molar-refractivity contribution in [2.24, 2.45) is 0 Å². The van der Waals surface area contributed by atoms with E-state index in [9.17, 15) is 8.42 Å². The monoisotopic (exact) mass is 360 g/mol. The first-order chi connectivity index (χ1) is 12.1. The smallest absolute Gasteiger partial charge is 0.243 e. The van der Waals surface area contributed by atoms with Crippen LogP contribution < -0.4 is 0 Å². The van der Waals surface area contributed by atoms with Crippen LogP contribution >= 0.6 is 0 Å². The van der Waals surface area contributed by atoms with E-state index in [1.165, 1.54) is 5.56 Å². The zero-order valence-corrected chi connectivity index (χ0v) is 15.3. The minimum absolute atomic E-state index is 0.346. The molecule has 3 rings (SSSR count). The van der Waals surface area contributed by atoms with Crippen molar-refractivity contribution in [1.29, 1.82) is 0 Å². The number of nitrogens with zero attached hydrogens (tertiary/aromatic N) is 2. The Bertz CT molecular complexity index is 785. The fourth-order valence-electron chi connectivity index (χ4n) is 3.08. The molecule has 2 aromatic carbocycles. The second-order valence-electron chi connectivity index (χ2n) is 6.25. The Morgan fingerprint density at radius 3 is 2.28 bits per heavy atom. The molecule has 0 radical (unpaired) electrons. The third kappa shape index (κ3) is 4.46. The molecule has 0 amide bonds. The van der Waals surface area contributed by atoms with Gasteiger partial charge in [0.25, 0.3) is 0 Å². The van der Waals surface area contributed by atoms with E-state index < -0.39 is 10.0 Å². The summed E-state index contributed by atoms with van der Waals surface area (Å²) in [6, 6.07) is 17.3. The predicted octanol–water partition coefficient (Wildman–Crippen LogP) is 2.34. The molecule has 1 saturated heterocycles. The molecule has 1 aliphatic rings. The first kappa shape index (κ1) is 18.1. The average molecular weight is 360 g/mol. The van der Waals surface area contributed by atoms with E-state index in [0.717, 1.165) is 25.2 Å². The molecule has 0 atom stereocenters. The summed E-state index contributed by atoms with van der Waals surface area (Å²) in [5.41, 5.74) is 2.12. The van der Waals surface area contributed by atoms with Gasteiger partial charge >= 0.3 is 0 Å². The van der Waals surface area contributed by atoms with Gasteiger partial charge in [-0.15, -0.1) is 0 Å². The standard InChI is InChI=1S/C19H24N2O3S/c1-24-16-18-8-5-9-19(14-18)25(22,23)21-12-10-20(11-13-21)15-17-6-3-2-4-7-17/h2-9,14H,10-13,15-16H2,1H3. The molecule has 0 N–H and O–H groups in total. The zero-order valence-electron chi connectivity index (χ0n) is 14.5. The molecule has 1 fully saturated rings. The fourth-order valence-corrected chi connectivity index (χ4v) is 4.57. The Kier molecular flexibility index (Phi) is 5.86. The van der Waals surface area contributed by atoms with Crippen LogP contribution in [-0.4, -0.2) is 50.9 Å². The van der Waals surface area contributed by atoms with Crippen molar-refractivity contribution < 1.29 is 13.2 Å². The highest BCUT2D eigenvalue weighted by molar-refractivity contribution is 7.89. The summed E-state index contributed by atoms with van der Waals surface area (Å²) in [6.45, 7) is 3.79. The van der Waals surface area contributed by atoms with Gasteiger partial charge in [-0.2, -0.15) is 4.31 Å². The minimum Gasteiger partial charge on any atom is -0.380 e. The molecule has 0 spiro atoms. The largest absolute Gasteiger partial charge is 0.380 e. The van der Waals surface area contributed by atoms with E-state index in [1.54, 1.807) is 29.6 Å². The molecule has 0 unspecified atom stereocenters. The van der Waals surface area contributed by atoms with Gasteiger partial charge in [-0.3, -0.25) is 4.90 Å². The maximum Gasteiger partial charge on any atom is 0.243 e. The van der Waals surface area contributed by atoms with Crippen LogP contribution in [0.1, 0.15) is 11.1 Å². The van der Waals surface area contributed by atoms with E-state index in [4.69, 9.17) is 4.74 Å². The molecule has 0 bridgehead atoms. The molecule has 1 heterocycles. The third-order valence-electron chi connectivity index (χ3n) is 4.43. The summed E-state index contributed by atoms with van der Waals surface area (Å²) in [5, 5.41) is 0. The van der Waals surface area contributed by atoms with Gasteiger partial charge in [0.1, 0.15) is 0 Å². The molecule has 0 aromatic heterocycles. The minimum atomic E-state index is -3.45. The average Bonchev–Trinajstić information content (AvgIpc) is 2.64. The highest BCUT2D eigenvalue weighted by atomic mass is 32.2. The van der Waals surface area contributed by atoms with Crippen LogP contribution in [0.25, 0.3) is 0 Å². The second kappa shape index (κ2) is 8.10. The summed E-state index contributed by atoms with van der Waals surface area (Å²) in [4.78, 5) is 2.64. The van der Waals surface area contributed by atoms with Gasteiger partial charge in [0.15, 0.2) is 0 Å². The molecule has 2 aromatic rings. The number of ether oxygens (including phenoxy) is 1. The molecular weight excluding hydrogens is 336 g/mol. The number of benzene rings is 2. The van der Waals surface area contributed by atoms with E-state index in [-0.39, 0.29) is 0 Å². The molecule has 25 heavy (non-hydrogen) atoms. The van der Waals surface area contributed by atoms with Crippen LogP contribution in [-0.2, 0) is 27.9 Å².